The number of fused-ring (bicyclic) bond motifs is 1. The molecule has 0 spiro atoms. The molecular weight excluding hydrogens is 384 g/mol. The van der Waals surface area contributed by atoms with E-state index in [0.717, 1.165) is 11.0 Å². The normalized spacial score (nSPS) is 13.4. The Labute approximate surface area is 166 Å². The first-order chi connectivity index (χ1) is 13.8. The number of anilines is 3. The number of nitrogens with one attached hydrogen (secondary N) is 1. The molecule has 0 fully saturated rings. The fourth-order valence-corrected chi connectivity index (χ4v) is 3.41. The van der Waals surface area contributed by atoms with E-state index in [1.165, 1.54) is 32.2 Å². The molecule has 0 unspecified atom stereocenters. The van der Waals surface area contributed by atoms with Crippen LogP contribution in [0.1, 0.15) is 25.0 Å². The molecule has 3 N–H and O–H groups in total. The van der Waals surface area contributed by atoms with Gasteiger partial charge in [0.1, 0.15) is 11.5 Å². The number of ether oxygens (including phenoxy) is 2. The highest BCUT2D eigenvalue weighted by molar-refractivity contribution is 6.13. The van der Waals surface area contributed by atoms with Crippen molar-refractivity contribution in [2.24, 2.45) is 0 Å². The van der Waals surface area contributed by atoms with Crippen LogP contribution < -0.4 is 25.0 Å². The van der Waals surface area contributed by atoms with Crippen molar-refractivity contribution in [1.29, 1.82) is 5.41 Å². The van der Waals surface area contributed by atoms with Crippen LogP contribution in [-0.4, -0.2) is 37.5 Å². The summed E-state index contributed by atoms with van der Waals surface area (Å²) in [6.07, 6.45) is 1.44. The molecule has 3 rings (SSSR count). The van der Waals surface area contributed by atoms with Gasteiger partial charge in [0.25, 0.3) is 0 Å². The average molecular weight is 405 g/mol. The van der Waals surface area contributed by atoms with Gasteiger partial charge in [0, 0.05) is 30.1 Å². The van der Waals surface area contributed by atoms with Gasteiger partial charge < -0.3 is 20.6 Å². The van der Waals surface area contributed by atoms with Crippen LogP contribution in [0, 0.1) is 17.0 Å². The second-order valence-electron chi connectivity index (χ2n) is 6.39. The Kier molecular flexibility index (Phi) is 5.27. The zero-order chi connectivity index (χ0) is 21.5. The lowest BCUT2D eigenvalue weighted by atomic mass is 10.0. The van der Waals surface area contributed by atoms with E-state index in [1.54, 1.807) is 6.92 Å². The predicted octanol–water partition coefficient (Wildman–Crippen LogP) is 3.31. The van der Waals surface area contributed by atoms with E-state index in [1.807, 2.05) is 0 Å². The lowest BCUT2D eigenvalue weighted by molar-refractivity contribution is 0.249. The van der Waals surface area contributed by atoms with Crippen LogP contribution in [0.25, 0.3) is 0 Å². The Hall–Kier alpha value is -3.43. The molecule has 0 aliphatic carbocycles. The van der Waals surface area contributed by atoms with E-state index in [2.05, 4.69) is 4.98 Å². The molecular formula is C19H21F2N5O3. The van der Waals surface area contributed by atoms with Gasteiger partial charge in [-0.2, -0.15) is 0 Å². The molecule has 1 aromatic carbocycles. The summed E-state index contributed by atoms with van der Waals surface area (Å²) in [7, 11) is 2.47. The highest BCUT2D eigenvalue weighted by Crippen LogP contribution is 2.42. The number of amides is 2. The summed E-state index contributed by atoms with van der Waals surface area (Å²) in [6, 6.07) is 0.411. The van der Waals surface area contributed by atoms with Crippen molar-refractivity contribution in [2.75, 3.05) is 36.3 Å². The molecule has 2 amide bonds. The van der Waals surface area contributed by atoms with Crippen molar-refractivity contribution >= 4 is 28.9 Å². The standard InChI is InChI=1S/C19H21F2N5O3/c1-5-25-16-10(7-24-18(23)13(16)9(2)22)8-26(19(25)27)17-14(20)11(28-3)6-12(29-4)15(17)21/h6-7,22H,5,8H2,1-4H3,(H2,23,24). The van der Waals surface area contributed by atoms with Crippen LogP contribution >= 0.6 is 0 Å². The quantitative estimate of drug-likeness (QED) is 0.743. The van der Waals surface area contributed by atoms with Gasteiger partial charge in [-0.25, -0.2) is 18.6 Å². The number of nitrogen functional groups attached to an aromatic ring is 1. The second kappa shape index (κ2) is 7.53. The topological polar surface area (TPSA) is 105 Å². The Bertz CT molecular complexity index is 984. The van der Waals surface area contributed by atoms with Crippen LogP contribution in [0.5, 0.6) is 11.5 Å². The molecule has 0 bridgehead atoms. The van der Waals surface area contributed by atoms with Crippen molar-refractivity contribution in [3.05, 3.63) is 35.0 Å². The Morgan fingerprint density at radius 1 is 1.24 bits per heavy atom. The summed E-state index contributed by atoms with van der Waals surface area (Å²) in [4.78, 5) is 19.6. The Balaban J connectivity index is 2.25. The molecule has 10 heteroatoms. The number of carbonyl (C=O) groups excluding carboxylic acids is 1. The number of hydrogen-bond donors (Lipinski definition) is 2. The minimum atomic E-state index is -1.02. The molecule has 1 aliphatic rings. The minimum absolute atomic E-state index is 0.108. The van der Waals surface area contributed by atoms with Crippen molar-refractivity contribution in [3.63, 3.8) is 0 Å². The van der Waals surface area contributed by atoms with Gasteiger partial charge in [0.15, 0.2) is 23.1 Å². The van der Waals surface area contributed by atoms with Gasteiger partial charge in [-0.1, -0.05) is 0 Å². The fourth-order valence-electron chi connectivity index (χ4n) is 3.41. The summed E-state index contributed by atoms with van der Waals surface area (Å²) in [5, 5.41) is 8.01. The molecule has 0 saturated heterocycles. The monoisotopic (exact) mass is 405 g/mol. The van der Waals surface area contributed by atoms with Crippen LogP contribution in [-0.2, 0) is 6.54 Å². The molecule has 29 heavy (non-hydrogen) atoms. The third kappa shape index (κ3) is 3.10. The van der Waals surface area contributed by atoms with Crippen molar-refractivity contribution in [1.82, 2.24) is 4.98 Å². The smallest absolute Gasteiger partial charge is 0.329 e. The Morgan fingerprint density at radius 3 is 2.31 bits per heavy atom. The van der Waals surface area contributed by atoms with Gasteiger partial charge in [-0.15, -0.1) is 0 Å². The third-order valence-electron chi connectivity index (χ3n) is 4.73. The number of nitrogens with zero attached hydrogens (tertiary/aromatic N) is 3. The van der Waals surface area contributed by atoms with E-state index < -0.39 is 23.4 Å². The number of aromatic nitrogens is 1. The highest BCUT2D eigenvalue weighted by atomic mass is 19.1. The molecule has 1 aromatic heterocycles. The molecule has 0 atom stereocenters. The van der Waals surface area contributed by atoms with Crippen LogP contribution in [0.3, 0.4) is 0 Å². The van der Waals surface area contributed by atoms with Crippen molar-refractivity contribution < 1.29 is 23.0 Å². The van der Waals surface area contributed by atoms with Crippen molar-refractivity contribution in [3.8, 4) is 11.5 Å². The summed E-state index contributed by atoms with van der Waals surface area (Å²) >= 11 is 0. The van der Waals surface area contributed by atoms with Gasteiger partial charge in [0.2, 0.25) is 0 Å². The highest BCUT2D eigenvalue weighted by Gasteiger charge is 2.37. The van der Waals surface area contributed by atoms with Gasteiger partial charge >= 0.3 is 6.03 Å². The molecule has 2 heterocycles. The molecule has 2 aromatic rings. The van der Waals surface area contributed by atoms with Gasteiger partial charge in [-0.3, -0.25) is 9.80 Å². The third-order valence-corrected chi connectivity index (χ3v) is 4.73. The number of hydrogen-bond acceptors (Lipinski definition) is 6. The maximum absolute atomic E-state index is 15.0. The number of carbonyl (C=O) groups is 1. The SMILES string of the molecule is CCN1C(=O)N(c2c(F)c(OC)cc(OC)c2F)Cc2cnc(N)c(C(C)=N)c21. The van der Waals surface area contributed by atoms with Crippen LogP contribution in [0.2, 0.25) is 0 Å². The maximum Gasteiger partial charge on any atom is 0.329 e. The number of methoxy groups -OCH3 is 2. The summed E-state index contributed by atoms with van der Waals surface area (Å²) in [5.41, 5.74) is 6.71. The number of rotatable bonds is 5. The first-order valence-corrected chi connectivity index (χ1v) is 8.78. The fraction of sp³-hybridized carbons (Fsp3) is 0.316. The number of urea groups is 1. The molecule has 0 saturated carbocycles. The maximum atomic E-state index is 15.0. The molecule has 0 radical (unpaired) electrons. The van der Waals surface area contributed by atoms with Crippen LogP contribution in [0.15, 0.2) is 12.3 Å². The minimum Gasteiger partial charge on any atom is -0.493 e. The lowest BCUT2D eigenvalue weighted by Gasteiger charge is -2.38. The zero-order valence-corrected chi connectivity index (χ0v) is 16.5. The molecule has 8 nitrogen and oxygen atoms in total. The van der Waals surface area contributed by atoms with Gasteiger partial charge in [-0.05, 0) is 13.8 Å². The Morgan fingerprint density at radius 2 is 1.83 bits per heavy atom. The second-order valence-corrected chi connectivity index (χ2v) is 6.39. The van der Waals surface area contributed by atoms with E-state index in [-0.39, 0.29) is 36.1 Å². The summed E-state index contributed by atoms with van der Waals surface area (Å²) in [6.45, 7) is 3.27. The number of halogens is 2. The first-order valence-electron chi connectivity index (χ1n) is 8.78. The van der Waals surface area contributed by atoms with Gasteiger partial charge in [0.05, 0.1) is 32.0 Å². The number of nitrogens with two attached hydrogens (primary N) is 1. The number of pyridine rings is 1. The largest absolute Gasteiger partial charge is 0.493 e. The number of benzene rings is 1. The zero-order valence-electron chi connectivity index (χ0n) is 16.5. The molecule has 154 valence electrons. The predicted molar refractivity (Wildman–Crippen MR) is 105 cm³/mol. The van der Waals surface area contributed by atoms with E-state index >= 15 is 0 Å². The summed E-state index contributed by atoms with van der Waals surface area (Å²) < 4.78 is 39.9. The molecule has 1 aliphatic heterocycles. The van der Waals surface area contributed by atoms with E-state index in [9.17, 15) is 13.6 Å². The first kappa shape index (κ1) is 20.3. The summed E-state index contributed by atoms with van der Waals surface area (Å²) in [5.74, 6) is -2.45. The lowest BCUT2D eigenvalue weighted by Crippen LogP contribution is -2.48. The van der Waals surface area contributed by atoms with E-state index in [0.29, 0.717) is 16.8 Å². The average Bonchev–Trinajstić information content (AvgIpc) is 2.68. The van der Waals surface area contributed by atoms with Crippen LogP contribution in [0.4, 0.5) is 30.8 Å². The van der Waals surface area contributed by atoms with E-state index in [4.69, 9.17) is 20.6 Å². The van der Waals surface area contributed by atoms with Crippen molar-refractivity contribution in [2.45, 2.75) is 20.4 Å².